The first-order chi connectivity index (χ1) is 7.28. The molecule has 0 saturated carbocycles. The third-order valence-corrected chi connectivity index (χ3v) is 2.44. The zero-order chi connectivity index (χ0) is 10.7. The Balaban J connectivity index is 2.09. The minimum atomic E-state index is 0.462. The maximum Gasteiger partial charge on any atom is 0.218 e. The number of ether oxygens (including phenoxy) is 1. The summed E-state index contributed by atoms with van der Waals surface area (Å²) in [6, 6.07) is 2.29. The molecule has 1 fully saturated rings. The topological polar surface area (TPSA) is 59.1 Å². The van der Waals surface area contributed by atoms with Crippen molar-refractivity contribution in [3.63, 3.8) is 0 Å². The molecule has 0 spiro atoms. The zero-order valence-electron chi connectivity index (χ0n) is 9.08. The molecular weight excluding hydrogens is 192 g/mol. The van der Waals surface area contributed by atoms with Crippen molar-refractivity contribution < 1.29 is 4.74 Å². The lowest BCUT2D eigenvalue weighted by Crippen LogP contribution is -2.22. The standard InChI is InChI=1S/C10H16N4O/c1-7-12-9(5-10(13-7)15-2)14-8-3-4-11-6-8/h5,8,11H,3-4,6H2,1-2H3,(H,12,13,14). The third kappa shape index (κ3) is 2.56. The van der Waals surface area contributed by atoms with Crippen LogP contribution in [0.4, 0.5) is 5.82 Å². The number of nitrogens with one attached hydrogen (secondary N) is 2. The van der Waals surface area contributed by atoms with Crippen molar-refractivity contribution >= 4 is 5.82 Å². The van der Waals surface area contributed by atoms with Gasteiger partial charge < -0.3 is 15.4 Å². The van der Waals surface area contributed by atoms with Crippen LogP contribution in [0.15, 0.2) is 6.07 Å². The van der Waals surface area contributed by atoms with Crippen LogP contribution in [0.1, 0.15) is 12.2 Å². The van der Waals surface area contributed by atoms with E-state index in [1.165, 1.54) is 0 Å². The highest BCUT2D eigenvalue weighted by Gasteiger charge is 2.14. The SMILES string of the molecule is COc1cc(NC2CCNC2)nc(C)n1. The lowest BCUT2D eigenvalue weighted by atomic mass is 10.2. The summed E-state index contributed by atoms with van der Waals surface area (Å²) in [5, 5.41) is 6.66. The first kappa shape index (κ1) is 10.2. The van der Waals surface area contributed by atoms with Crippen LogP contribution in [-0.4, -0.2) is 36.2 Å². The average Bonchev–Trinajstić information content (AvgIpc) is 2.69. The Morgan fingerprint density at radius 2 is 2.40 bits per heavy atom. The molecule has 0 aliphatic carbocycles. The van der Waals surface area contributed by atoms with Gasteiger partial charge in [0.15, 0.2) is 0 Å². The van der Waals surface area contributed by atoms with Gasteiger partial charge in [0.1, 0.15) is 11.6 Å². The Morgan fingerprint density at radius 3 is 3.07 bits per heavy atom. The minimum Gasteiger partial charge on any atom is -0.481 e. The van der Waals surface area contributed by atoms with Gasteiger partial charge in [0.05, 0.1) is 7.11 Å². The molecule has 1 aliphatic heterocycles. The maximum absolute atomic E-state index is 5.09. The first-order valence-electron chi connectivity index (χ1n) is 5.15. The molecule has 2 N–H and O–H groups in total. The van der Waals surface area contributed by atoms with Crippen molar-refractivity contribution in [2.75, 3.05) is 25.5 Å². The Kier molecular flexibility index (Phi) is 3.01. The van der Waals surface area contributed by atoms with E-state index in [4.69, 9.17) is 4.74 Å². The lowest BCUT2D eigenvalue weighted by Gasteiger charge is -2.12. The molecular formula is C10H16N4O. The van der Waals surface area contributed by atoms with E-state index in [0.29, 0.717) is 11.9 Å². The second-order valence-corrected chi connectivity index (χ2v) is 3.68. The van der Waals surface area contributed by atoms with Crippen LogP contribution in [0, 0.1) is 6.92 Å². The molecule has 1 aliphatic rings. The summed E-state index contributed by atoms with van der Waals surface area (Å²) in [6.07, 6.45) is 1.13. The van der Waals surface area contributed by atoms with E-state index >= 15 is 0 Å². The normalized spacial score (nSPS) is 20.3. The van der Waals surface area contributed by atoms with Crippen LogP contribution in [0.5, 0.6) is 5.88 Å². The van der Waals surface area contributed by atoms with E-state index in [1.807, 2.05) is 13.0 Å². The molecule has 1 aromatic heterocycles. The summed E-state index contributed by atoms with van der Waals surface area (Å²) in [6.45, 7) is 3.92. The number of nitrogens with zero attached hydrogens (tertiary/aromatic N) is 2. The van der Waals surface area contributed by atoms with Crippen molar-refractivity contribution in [3.05, 3.63) is 11.9 Å². The number of aromatic nitrogens is 2. The van der Waals surface area contributed by atoms with Gasteiger partial charge in [-0.2, -0.15) is 4.98 Å². The van der Waals surface area contributed by atoms with Gasteiger partial charge in [-0.25, -0.2) is 4.98 Å². The molecule has 1 aromatic rings. The van der Waals surface area contributed by atoms with E-state index in [0.717, 1.165) is 31.2 Å². The monoisotopic (exact) mass is 208 g/mol. The van der Waals surface area contributed by atoms with Crippen LogP contribution in [0.3, 0.4) is 0 Å². The highest BCUT2D eigenvalue weighted by atomic mass is 16.5. The second-order valence-electron chi connectivity index (χ2n) is 3.68. The summed E-state index contributed by atoms with van der Waals surface area (Å²) in [5.41, 5.74) is 0. The van der Waals surface area contributed by atoms with Gasteiger partial charge >= 0.3 is 0 Å². The molecule has 2 rings (SSSR count). The molecule has 0 aromatic carbocycles. The molecule has 82 valence electrons. The summed E-state index contributed by atoms with van der Waals surface area (Å²) < 4.78 is 5.09. The van der Waals surface area contributed by atoms with Gasteiger partial charge in [-0.1, -0.05) is 0 Å². The highest BCUT2D eigenvalue weighted by molar-refractivity contribution is 5.39. The third-order valence-electron chi connectivity index (χ3n) is 2.44. The number of hydrogen-bond acceptors (Lipinski definition) is 5. The number of methoxy groups -OCH3 is 1. The predicted octanol–water partition coefficient (Wildman–Crippen LogP) is 0.567. The molecule has 1 saturated heterocycles. The fraction of sp³-hybridized carbons (Fsp3) is 0.600. The fourth-order valence-electron chi connectivity index (χ4n) is 1.71. The molecule has 0 radical (unpaired) electrons. The van der Waals surface area contributed by atoms with E-state index in [9.17, 15) is 0 Å². The Hall–Kier alpha value is -1.36. The highest BCUT2D eigenvalue weighted by Crippen LogP contribution is 2.14. The van der Waals surface area contributed by atoms with E-state index in [2.05, 4.69) is 20.6 Å². The van der Waals surface area contributed by atoms with Gasteiger partial charge in [0.25, 0.3) is 0 Å². The van der Waals surface area contributed by atoms with Crippen molar-refractivity contribution in [2.45, 2.75) is 19.4 Å². The second kappa shape index (κ2) is 4.44. The van der Waals surface area contributed by atoms with Crippen LogP contribution in [-0.2, 0) is 0 Å². The van der Waals surface area contributed by atoms with Crippen molar-refractivity contribution in [2.24, 2.45) is 0 Å². The zero-order valence-corrected chi connectivity index (χ0v) is 9.08. The van der Waals surface area contributed by atoms with Gasteiger partial charge in [-0.15, -0.1) is 0 Å². The van der Waals surface area contributed by atoms with Gasteiger partial charge in [-0.3, -0.25) is 0 Å². The smallest absolute Gasteiger partial charge is 0.218 e. The van der Waals surface area contributed by atoms with Crippen LogP contribution in [0.2, 0.25) is 0 Å². The predicted molar refractivity (Wildman–Crippen MR) is 58.2 cm³/mol. The number of hydrogen-bond donors (Lipinski definition) is 2. The average molecular weight is 208 g/mol. The van der Waals surface area contributed by atoms with Crippen molar-refractivity contribution in [1.82, 2.24) is 15.3 Å². The van der Waals surface area contributed by atoms with Gasteiger partial charge in [-0.05, 0) is 19.9 Å². The molecule has 0 amide bonds. The van der Waals surface area contributed by atoms with E-state index < -0.39 is 0 Å². The first-order valence-corrected chi connectivity index (χ1v) is 5.15. The summed E-state index contributed by atoms with van der Waals surface area (Å²) in [5.74, 6) is 2.17. The number of aryl methyl sites for hydroxylation is 1. The Morgan fingerprint density at radius 1 is 1.53 bits per heavy atom. The molecule has 1 atom stereocenters. The molecule has 5 nitrogen and oxygen atoms in total. The van der Waals surface area contributed by atoms with Crippen molar-refractivity contribution in [3.8, 4) is 5.88 Å². The Bertz CT molecular complexity index is 336. The molecule has 0 bridgehead atoms. The Labute approximate surface area is 89.3 Å². The summed E-state index contributed by atoms with van der Waals surface area (Å²) in [7, 11) is 1.61. The molecule has 5 heteroatoms. The van der Waals surface area contributed by atoms with Gasteiger partial charge in [0.2, 0.25) is 5.88 Å². The maximum atomic E-state index is 5.09. The number of anilines is 1. The van der Waals surface area contributed by atoms with Crippen LogP contribution < -0.4 is 15.4 Å². The summed E-state index contributed by atoms with van der Waals surface area (Å²) >= 11 is 0. The lowest BCUT2D eigenvalue weighted by molar-refractivity contribution is 0.396. The van der Waals surface area contributed by atoms with E-state index in [-0.39, 0.29) is 0 Å². The molecule has 1 unspecified atom stereocenters. The largest absolute Gasteiger partial charge is 0.481 e. The van der Waals surface area contributed by atoms with Crippen molar-refractivity contribution in [1.29, 1.82) is 0 Å². The molecule has 2 heterocycles. The minimum absolute atomic E-state index is 0.462. The van der Waals surface area contributed by atoms with Crippen LogP contribution in [0.25, 0.3) is 0 Å². The van der Waals surface area contributed by atoms with E-state index in [1.54, 1.807) is 7.11 Å². The number of rotatable bonds is 3. The molecule has 15 heavy (non-hydrogen) atoms. The fourth-order valence-corrected chi connectivity index (χ4v) is 1.71. The van der Waals surface area contributed by atoms with Gasteiger partial charge in [0, 0.05) is 18.7 Å². The summed E-state index contributed by atoms with van der Waals surface area (Å²) in [4.78, 5) is 8.45. The quantitative estimate of drug-likeness (QED) is 0.760. The van der Waals surface area contributed by atoms with Crippen LogP contribution >= 0.6 is 0 Å².